The van der Waals surface area contributed by atoms with Gasteiger partial charge in [0, 0.05) is 17.1 Å². The number of alkyl halides is 3. The normalized spacial score (nSPS) is 19.1. The van der Waals surface area contributed by atoms with Crippen molar-refractivity contribution in [1.29, 1.82) is 0 Å². The van der Waals surface area contributed by atoms with Crippen molar-refractivity contribution in [3.8, 4) is 0 Å². The number of aromatic nitrogens is 1. The summed E-state index contributed by atoms with van der Waals surface area (Å²) >= 11 is 0.750. The summed E-state index contributed by atoms with van der Waals surface area (Å²) in [6.45, 7) is 0. The molecule has 1 N–H and O–H groups in total. The Morgan fingerprint density at radius 3 is 2.65 bits per heavy atom. The molecule has 1 saturated carbocycles. The molecule has 17 heavy (non-hydrogen) atoms. The summed E-state index contributed by atoms with van der Waals surface area (Å²) in [7, 11) is 1.79. The molecule has 1 heterocycles. The second-order valence-electron chi connectivity index (χ2n) is 4.44. The lowest BCUT2D eigenvalue weighted by atomic mass is 9.81. The standard InChI is InChI=1S/C11H15F3N2S/c1-15-8(5-7-3-2-4-7)9-6-16-10(17-9)11(12,13)14/h6-8,15H,2-5H2,1H3. The summed E-state index contributed by atoms with van der Waals surface area (Å²) in [5, 5.41) is 2.34. The quantitative estimate of drug-likeness (QED) is 0.898. The summed E-state index contributed by atoms with van der Waals surface area (Å²) in [6, 6.07) is 0.00824. The Kier molecular flexibility index (Phi) is 3.73. The van der Waals surface area contributed by atoms with Gasteiger partial charge in [0.2, 0.25) is 0 Å². The van der Waals surface area contributed by atoms with E-state index in [1.54, 1.807) is 7.05 Å². The minimum absolute atomic E-state index is 0.00824. The lowest BCUT2D eigenvalue weighted by Crippen LogP contribution is -2.22. The van der Waals surface area contributed by atoms with Crippen LogP contribution in [0.1, 0.15) is 41.6 Å². The number of hydrogen-bond donors (Lipinski definition) is 1. The molecule has 1 atom stereocenters. The SMILES string of the molecule is CNC(CC1CCC1)c1cnc(C(F)(F)F)s1. The summed E-state index contributed by atoms with van der Waals surface area (Å²) in [5.74, 6) is 0.656. The first-order valence-electron chi connectivity index (χ1n) is 5.71. The Bertz CT molecular complexity index is 371. The van der Waals surface area contributed by atoms with Gasteiger partial charge in [0.1, 0.15) is 0 Å². The predicted molar refractivity (Wildman–Crippen MR) is 60.9 cm³/mol. The van der Waals surface area contributed by atoms with Crippen LogP contribution in [0.5, 0.6) is 0 Å². The minimum Gasteiger partial charge on any atom is -0.312 e. The van der Waals surface area contributed by atoms with E-state index in [1.807, 2.05) is 0 Å². The second kappa shape index (κ2) is 4.94. The van der Waals surface area contributed by atoms with Gasteiger partial charge in [0.15, 0.2) is 5.01 Å². The van der Waals surface area contributed by atoms with Gasteiger partial charge in [-0.1, -0.05) is 19.3 Å². The number of hydrogen-bond acceptors (Lipinski definition) is 3. The lowest BCUT2D eigenvalue weighted by molar-refractivity contribution is -0.137. The summed E-state index contributed by atoms with van der Waals surface area (Å²) < 4.78 is 37.3. The van der Waals surface area contributed by atoms with Gasteiger partial charge < -0.3 is 5.32 Å². The molecular weight excluding hydrogens is 249 g/mol. The van der Waals surface area contributed by atoms with Crippen LogP contribution in [0.25, 0.3) is 0 Å². The fourth-order valence-electron chi connectivity index (χ4n) is 2.02. The number of halogens is 3. The molecule has 96 valence electrons. The average Bonchev–Trinajstić information content (AvgIpc) is 2.64. The molecule has 0 aromatic carbocycles. The van der Waals surface area contributed by atoms with Crippen molar-refractivity contribution in [2.45, 2.75) is 37.9 Å². The topological polar surface area (TPSA) is 24.9 Å². The molecule has 2 nitrogen and oxygen atoms in total. The van der Waals surface area contributed by atoms with Crippen molar-refractivity contribution < 1.29 is 13.2 Å². The zero-order valence-electron chi connectivity index (χ0n) is 9.55. The summed E-state index contributed by atoms with van der Waals surface area (Å²) in [4.78, 5) is 4.15. The van der Waals surface area contributed by atoms with Crippen molar-refractivity contribution >= 4 is 11.3 Å². The van der Waals surface area contributed by atoms with Crippen LogP contribution in [0.3, 0.4) is 0 Å². The molecule has 1 aliphatic rings. The van der Waals surface area contributed by atoms with Crippen molar-refractivity contribution in [1.82, 2.24) is 10.3 Å². The van der Waals surface area contributed by atoms with Crippen LogP contribution in [0, 0.1) is 5.92 Å². The van der Waals surface area contributed by atoms with Gasteiger partial charge in [0.05, 0.1) is 0 Å². The van der Waals surface area contributed by atoms with Crippen LogP contribution in [-0.4, -0.2) is 12.0 Å². The molecule has 1 fully saturated rings. The third-order valence-corrected chi connectivity index (χ3v) is 4.41. The molecule has 0 bridgehead atoms. The van der Waals surface area contributed by atoms with Gasteiger partial charge in [-0.3, -0.25) is 0 Å². The minimum atomic E-state index is -4.32. The molecular formula is C11H15F3N2S. The molecule has 0 amide bonds. The highest BCUT2D eigenvalue weighted by Crippen LogP contribution is 2.38. The van der Waals surface area contributed by atoms with Crippen molar-refractivity contribution in [2.75, 3.05) is 7.05 Å². The van der Waals surface area contributed by atoms with Gasteiger partial charge in [-0.05, 0) is 19.4 Å². The third-order valence-electron chi connectivity index (χ3n) is 3.25. The first-order chi connectivity index (χ1) is 8.00. The van der Waals surface area contributed by atoms with Crippen molar-refractivity contribution in [3.63, 3.8) is 0 Å². The fraction of sp³-hybridized carbons (Fsp3) is 0.727. The molecule has 1 unspecified atom stereocenters. The Morgan fingerprint density at radius 1 is 1.53 bits per heavy atom. The molecule has 0 saturated heterocycles. The molecule has 0 spiro atoms. The smallest absolute Gasteiger partial charge is 0.312 e. The Hall–Kier alpha value is -0.620. The number of nitrogens with one attached hydrogen (secondary N) is 1. The van der Waals surface area contributed by atoms with Crippen LogP contribution in [0.4, 0.5) is 13.2 Å². The Balaban J connectivity index is 2.05. The molecule has 1 aliphatic carbocycles. The molecule has 0 aliphatic heterocycles. The molecule has 0 radical (unpaired) electrons. The van der Waals surface area contributed by atoms with E-state index in [4.69, 9.17) is 0 Å². The number of rotatable bonds is 4. The zero-order chi connectivity index (χ0) is 12.5. The van der Waals surface area contributed by atoms with E-state index in [2.05, 4.69) is 10.3 Å². The van der Waals surface area contributed by atoms with E-state index in [0.29, 0.717) is 10.8 Å². The molecule has 1 aromatic heterocycles. The van der Waals surface area contributed by atoms with Crippen LogP contribution in [-0.2, 0) is 6.18 Å². The van der Waals surface area contributed by atoms with E-state index in [9.17, 15) is 13.2 Å². The summed E-state index contributed by atoms with van der Waals surface area (Å²) in [6.07, 6.45) is 1.59. The summed E-state index contributed by atoms with van der Waals surface area (Å²) in [5.41, 5.74) is 0. The highest BCUT2D eigenvalue weighted by Gasteiger charge is 2.35. The zero-order valence-corrected chi connectivity index (χ0v) is 10.4. The monoisotopic (exact) mass is 264 g/mol. The van der Waals surface area contributed by atoms with Crippen molar-refractivity contribution in [2.24, 2.45) is 5.92 Å². The second-order valence-corrected chi connectivity index (χ2v) is 5.50. The van der Waals surface area contributed by atoms with Crippen LogP contribution < -0.4 is 5.32 Å². The van der Waals surface area contributed by atoms with Crippen molar-refractivity contribution in [3.05, 3.63) is 16.1 Å². The maximum atomic E-state index is 12.4. The van der Waals surface area contributed by atoms with Gasteiger partial charge in [-0.15, -0.1) is 11.3 Å². The van der Waals surface area contributed by atoms with Gasteiger partial charge in [-0.2, -0.15) is 13.2 Å². The lowest BCUT2D eigenvalue weighted by Gasteiger charge is -2.28. The molecule has 1 aromatic rings. The first kappa shape index (κ1) is 12.8. The van der Waals surface area contributed by atoms with Crippen LogP contribution in [0.2, 0.25) is 0 Å². The average molecular weight is 264 g/mol. The maximum absolute atomic E-state index is 12.4. The molecule has 2 rings (SSSR count). The predicted octanol–water partition coefficient (Wildman–Crippen LogP) is 3.61. The highest BCUT2D eigenvalue weighted by molar-refractivity contribution is 7.11. The van der Waals surface area contributed by atoms with Gasteiger partial charge >= 0.3 is 6.18 Å². The van der Waals surface area contributed by atoms with Crippen LogP contribution in [0.15, 0.2) is 6.20 Å². The van der Waals surface area contributed by atoms with Gasteiger partial charge in [0.25, 0.3) is 0 Å². The van der Waals surface area contributed by atoms with E-state index >= 15 is 0 Å². The van der Waals surface area contributed by atoms with E-state index in [0.717, 1.165) is 17.8 Å². The van der Waals surface area contributed by atoms with E-state index < -0.39 is 11.2 Å². The van der Waals surface area contributed by atoms with Crippen LogP contribution >= 0.6 is 11.3 Å². The number of nitrogens with zero attached hydrogens (tertiary/aromatic N) is 1. The first-order valence-corrected chi connectivity index (χ1v) is 6.52. The maximum Gasteiger partial charge on any atom is 0.443 e. The number of thiazole rings is 1. The Labute approximate surface area is 102 Å². The highest BCUT2D eigenvalue weighted by atomic mass is 32.1. The largest absolute Gasteiger partial charge is 0.443 e. The van der Waals surface area contributed by atoms with Gasteiger partial charge in [-0.25, -0.2) is 4.98 Å². The Morgan fingerprint density at radius 2 is 2.24 bits per heavy atom. The van der Waals surface area contributed by atoms with E-state index in [1.165, 1.54) is 25.5 Å². The molecule has 6 heteroatoms. The van der Waals surface area contributed by atoms with E-state index in [-0.39, 0.29) is 6.04 Å². The fourth-order valence-corrected chi connectivity index (χ4v) is 2.92. The third kappa shape index (κ3) is 2.98.